The maximum absolute atomic E-state index is 13.1. The van der Waals surface area contributed by atoms with Crippen LogP contribution >= 0.6 is 15.6 Å². The van der Waals surface area contributed by atoms with Crippen LogP contribution in [0.25, 0.3) is 0 Å². The van der Waals surface area contributed by atoms with Crippen LogP contribution in [0.1, 0.15) is 285 Å². The van der Waals surface area contributed by atoms with Crippen molar-refractivity contribution in [1.82, 2.24) is 0 Å². The van der Waals surface area contributed by atoms with Gasteiger partial charge in [-0.1, -0.05) is 262 Å². The number of ether oxygens (including phenoxy) is 4. The summed E-state index contributed by atoms with van der Waals surface area (Å²) in [6, 6.07) is 0. The van der Waals surface area contributed by atoms with Crippen molar-refractivity contribution in [2.24, 2.45) is 0 Å². The van der Waals surface area contributed by atoms with E-state index in [9.17, 15) is 43.2 Å². The third-order valence-corrected chi connectivity index (χ3v) is 17.6. The lowest BCUT2D eigenvalue weighted by Gasteiger charge is -2.21. The molecule has 0 aliphatic heterocycles. The molecule has 590 valence electrons. The Bertz CT molecular complexity index is 2640. The Labute approximate surface area is 629 Å². The van der Waals surface area contributed by atoms with Gasteiger partial charge in [-0.3, -0.25) is 37.3 Å². The number of unbranched alkanes of at least 4 members (excludes halogenated alkanes) is 18. The van der Waals surface area contributed by atoms with E-state index >= 15 is 0 Å². The quantitative estimate of drug-likeness (QED) is 0.0169. The molecule has 0 saturated carbocycles. The molecule has 0 heterocycles. The van der Waals surface area contributed by atoms with Crippen LogP contribution in [0.4, 0.5) is 0 Å². The molecular weight excluding hydrogens is 1350 g/mol. The molecule has 0 aromatic heterocycles. The summed E-state index contributed by atoms with van der Waals surface area (Å²) in [5.41, 5.74) is 0. The normalized spacial score (nSPS) is 14.8. The minimum atomic E-state index is -5.01. The summed E-state index contributed by atoms with van der Waals surface area (Å²) in [5, 5.41) is 10.6. The lowest BCUT2D eigenvalue weighted by atomic mass is 10.1. The minimum Gasteiger partial charge on any atom is -0.462 e. The van der Waals surface area contributed by atoms with Gasteiger partial charge in [-0.05, 0) is 167 Å². The largest absolute Gasteiger partial charge is 0.472 e. The standard InChI is InChI=1S/C85H138O17P2/c1-5-9-13-17-21-25-29-33-37-39-43-46-50-54-58-62-66-70-83(88)96-76-81(102-85(90)72-68-64-60-56-52-48-44-40-38-34-30-26-22-18-14-10-6-2)78-100-104(93,94)98-74-79(86)73-97-103(91,92)99-77-80(101-84(89)71-67-63-59-55-51-47-42-36-32-28-24-20-16-12-8-4)75-95-82(87)69-65-61-57-53-49-45-41-35-31-27-23-19-15-11-7-3/h9-11,13-15,21-23,25-27,33-38,41-44,46,48-49,53-54,58,79-81,86H,5-8,12,16-20,24,28-32,39-40,45,47,50-52,55-57,59-78H2,1-4H3,(H,91,92)(H,93,94)/b13-9-,14-10-,15-11-,25-21-,26-22-,27-23-,37-33-,38-34-,41-35-,42-36-,46-43-,48-44-,53-49-,58-54-. The molecule has 0 saturated heterocycles. The molecule has 0 amide bonds. The van der Waals surface area contributed by atoms with Gasteiger partial charge in [-0.25, -0.2) is 9.13 Å². The van der Waals surface area contributed by atoms with Crippen LogP contribution in [-0.2, 0) is 65.4 Å². The van der Waals surface area contributed by atoms with E-state index < -0.39 is 97.5 Å². The van der Waals surface area contributed by atoms with Gasteiger partial charge >= 0.3 is 39.5 Å². The van der Waals surface area contributed by atoms with Gasteiger partial charge in [0.25, 0.3) is 0 Å². The van der Waals surface area contributed by atoms with Crippen molar-refractivity contribution >= 4 is 39.5 Å². The lowest BCUT2D eigenvalue weighted by Crippen LogP contribution is -2.30. The number of rotatable bonds is 72. The first-order valence-electron chi connectivity index (χ1n) is 39.4. The third-order valence-electron chi connectivity index (χ3n) is 15.7. The highest BCUT2D eigenvalue weighted by atomic mass is 31.2. The average molecular weight is 1490 g/mol. The number of aliphatic hydroxyl groups is 1. The van der Waals surface area contributed by atoms with Crippen LogP contribution in [0.5, 0.6) is 0 Å². The molecule has 0 spiro atoms. The first kappa shape index (κ1) is 98.4. The van der Waals surface area contributed by atoms with E-state index in [4.69, 9.17) is 37.0 Å². The molecule has 0 aromatic carbocycles. The summed E-state index contributed by atoms with van der Waals surface area (Å²) in [6.07, 6.45) is 89.2. The van der Waals surface area contributed by atoms with Crippen LogP contribution in [0.15, 0.2) is 170 Å². The highest BCUT2D eigenvalue weighted by Gasteiger charge is 2.30. The Morgan fingerprint density at radius 2 is 0.510 bits per heavy atom. The maximum atomic E-state index is 13.1. The van der Waals surface area contributed by atoms with Gasteiger partial charge in [-0.2, -0.15) is 0 Å². The van der Waals surface area contributed by atoms with E-state index in [0.717, 1.165) is 161 Å². The van der Waals surface area contributed by atoms with Crippen molar-refractivity contribution < 1.29 is 80.2 Å². The fourth-order valence-electron chi connectivity index (χ4n) is 9.76. The summed E-state index contributed by atoms with van der Waals surface area (Å²) in [5.74, 6) is -2.34. The predicted octanol–water partition coefficient (Wildman–Crippen LogP) is 23.0. The number of hydrogen-bond donors (Lipinski definition) is 3. The Morgan fingerprint density at radius 1 is 0.279 bits per heavy atom. The second-order valence-electron chi connectivity index (χ2n) is 25.5. The summed E-state index contributed by atoms with van der Waals surface area (Å²) >= 11 is 0. The highest BCUT2D eigenvalue weighted by Crippen LogP contribution is 2.45. The molecule has 0 aliphatic carbocycles. The number of aliphatic hydroxyl groups excluding tert-OH is 1. The van der Waals surface area contributed by atoms with Crippen LogP contribution in [-0.4, -0.2) is 96.7 Å². The molecule has 0 rings (SSSR count). The number of allylic oxidation sites excluding steroid dienone is 28. The summed E-state index contributed by atoms with van der Waals surface area (Å²) in [7, 11) is -10.0. The topological polar surface area (TPSA) is 237 Å². The fraction of sp³-hybridized carbons (Fsp3) is 0.624. The summed E-state index contributed by atoms with van der Waals surface area (Å²) in [6.45, 7) is 4.36. The van der Waals surface area contributed by atoms with Crippen molar-refractivity contribution in [3.8, 4) is 0 Å². The highest BCUT2D eigenvalue weighted by molar-refractivity contribution is 7.47. The van der Waals surface area contributed by atoms with Crippen LogP contribution < -0.4 is 0 Å². The first-order valence-corrected chi connectivity index (χ1v) is 42.4. The van der Waals surface area contributed by atoms with Gasteiger partial charge in [0.05, 0.1) is 26.4 Å². The van der Waals surface area contributed by atoms with Gasteiger partial charge in [0.2, 0.25) is 0 Å². The summed E-state index contributed by atoms with van der Waals surface area (Å²) in [4.78, 5) is 73.0. The Hall–Kier alpha value is -5.58. The van der Waals surface area contributed by atoms with Crippen molar-refractivity contribution in [3.05, 3.63) is 170 Å². The first-order chi connectivity index (χ1) is 50.7. The molecule has 17 nitrogen and oxygen atoms in total. The Kier molecular flexibility index (Phi) is 71.6. The molecule has 0 bridgehead atoms. The van der Waals surface area contributed by atoms with Crippen molar-refractivity contribution in [2.75, 3.05) is 39.6 Å². The zero-order chi connectivity index (χ0) is 76.0. The molecule has 0 aromatic rings. The van der Waals surface area contributed by atoms with E-state index in [1.807, 2.05) is 12.2 Å². The van der Waals surface area contributed by atoms with Crippen molar-refractivity contribution in [2.45, 2.75) is 303 Å². The monoisotopic (exact) mass is 1490 g/mol. The molecule has 3 N–H and O–H groups in total. The van der Waals surface area contributed by atoms with Gasteiger partial charge < -0.3 is 33.8 Å². The van der Waals surface area contributed by atoms with Gasteiger partial charge in [0, 0.05) is 25.7 Å². The molecule has 104 heavy (non-hydrogen) atoms. The van der Waals surface area contributed by atoms with Gasteiger partial charge in [-0.15, -0.1) is 0 Å². The van der Waals surface area contributed by atoms with Crippen LogP contribution in [0.3, 0.4) is 0 Å². The molecule has 0 aliphatic rings. The van der Waals surface area contributed by atoms with Crippen molar-refractivity contribution in [1.29, 1.82) is 0 Å². The minimum absolute atomic E-state index is 0.0472. The van der Waals surface area contributed by atoms with Gasteiger partial charge in [0.1, 0.15) is 19.3 Å². The third kappa shape index (κ3) is 74.7. The molecular formula is C85H138O17P2. The summed E-state index contributed by atoms with van der Waals surface area (Å²) < 4.78 is 68.5. The Morgan fingerprint density at radius 3 is 0.837 bits per heavy atom. The number of phosphoric ester groups is 2. The maximum Gasteiger partial charge on any atom is 0.472 e. The smallest absolute Gasteiger partial charge is 0.462 e. The van der Waals surface area contributed by atoms with E-state index in [1.54, 1.807) is 0 Å². The number of hydrogen-bond acceptors (Lipinski definition) is 15. The van der Waals surface area contributed by atoms with E-state index in [2.05, 4.69) is 186 Å². The van der Waals surface area contributed by atoms with Gasteiger partial charge in [0.15, 0.2) is 12.2 Å². The average Bonchev–Trinajstić information content (AvgIpc) is 0.926. The zero-order valence-corrected chi connectivity index (χ0v) is 66.2. The van der Waals surface area contributed by atoms with Crippen molar-refractivity contribution in [3.63, 3.8) is 0 Å². The number of carbonyl (C=O) groups excluding carboxylic acids is 4. The van der Waals surface area contributed by atoms with Crippen LogP contribution in [0.2, 0.25) is 0 Å². The zero-order valence-electron chi connectivity index (χ0n) is 64.4. The predicted molar refractivity (Wildman–Crippen MR) is 426 cm³/mol. The lowest BCUT2D eigenvalue weighted by molar-refractivity contribution is -0.161. The molecule has 5 atom stereocenters. The van der Waals surface area contributed by atoms with E-state index in [1.165, 1.54) is 38.5 Å². The SMILES string of the molecule is CC/C=C\C/C=C\C/C=C\C/C=C\C/C=C\CCCC(=O)OCC(COP(=O)(O)OCC(O)COP(=O)(O)OCC(COC(=O)CCCC/C=C\C/C=C\C/C=C\C/C=C\CC)OC(=O)CCCCCCC/C=C\CCCCCCCC)OC(=O)CCCCCC/C=C\C/C=C\C/C=C\C/C=C\CC. The molecule has 0 radical (unpaired) electrons. The van der Waals surface area contributed by atoms with Crippen LogP contribution in [0, 0.1) is 0 Å². The van der Waals surface area contributed by atoms with E-state index in [0.29, 0.717) is 32.1 Å². The van der Waals surface area contributed by atoms with E-state index in [-0.39, 0.29) is 25.7 Å². The number of carbonyl (C=O) groups is 4. The second-order valence-corrected chi connectivity index (χ2v) is 28.4. The fourth-order valence-corrected chi connectivity index (χ4v) is 11.3. The molecule has 5 unspecified atom stereocenters. The second kappa shape index (κ2) is 75.6. The molecule has 0 fully saturated rings. The molecule has 19 heteroatoms. The Balaban J connectivity index is 5.50. The number of phosphoric acid groups is 2. The number of esters is 4.